The van der Waals surface area contributed by atoms with E-state index in [2.05, 4.69) is 10.1 Å². The molecule has 13 heteroatoms. The lowest BCUT2D eigenvalue weighted by molar-refractivity contribution is -0.167. The Bertz CT molecular complexity index is 1020. The van der Waals surface area contributed by atoms with E-state index in [1.165, 1.54) is 27.7 Å². The van der Waals surface area contributed by atoms with Crippen molar-refractivity contribution in [3.63, 3.8) is 0 Å². The average Bonchev–Trinajstić information content (AvgIpc) is 2.73. The molecule has 1 aromatic rings. The van der Waals surface area contributed by atoms with Gasteiger partial charge in [0.15, 0.2) is 0 Å². The van der Waals surface area contributed by atoms with Crippen molar-refractivity contribution in [3.05, 3.63) is 46.3 Å². The first kappa shape index (κ1) is 27.6. The average molecular weight is 506 g/mol. The molecule has 0 spiro atoms. The third-order valence-corrected chi connectivity index (χ3v) is 4.80. The molecule has 0 saturated carbocycles. The van der Waals surface area contributed by atoms with Gasteiger partial charge in [0.2, 0.25) is 0 Å². The van der Waals surface area contributed by atoms with Gasteiger partial charge in [-0.05, 0) is 45.9 Å². The van der Waals surface area contributed by atoms with Gasteiger partial charge in [0.25, 0.3) is 0 Å². The third kappa shape index (κ3) is 6.49. The number of allylic oxidation sites excluding steroid dienone is 2. The number of halogens is 5. The van der Waals surface area contributed by atoms with Crippen LogP contribution in [0.1, 0.15) is 39.2 Å². The first-order chi connectivity index (χ1) is 16.3. The Kier molecular flexibility index (Phi) is 8.83. The second-order valence-corrected chi connectivity index (χ2v) is 7.16. The van der Waals surface area contributed by atoms with E-state index in [1.807, 2.05) is 0 Å². The molecule has 0 aliphatic carbocycles. The van der Waals surface area contributed by atoms with Gasteiger partial charge in [-0.1, -0.05) is 0 Å². The first-order valence-electron chi connectivity index (χ1n) is 10.3. The zero-order valence-electron chi connectivity index (χ0n) is 19.1. The molecule has 0 saturated heterocycles. The Morgan fingerprint density at radius 1 is 1.00 bits per heavy atom. The van der Waals surface area contributed by atoms with Crippen molar-refractivity contribution in [1.82, 2.24) is 5.32 Å². The zero-order valence-corrected chi connectivity index (χ0v) is 19.1. The van der Waals surface area contributed by atoms with Gasteiger partial charge in [0.05, 0.1) is 30.3 Å². The molecule has 0 radical (unpaired) electrons. The lowest BCUT2D eigenvalue weighted by Gasteiger charge is -2.31. The topological polar surface area (TPSA) is 103 Å². The van der Waals surface area contributed by atoms with Gasteiger partial charge >= 0.3 is 30.6 Å². The van der Waals surface area contributed by atoms with Crippen LogP contribution in [0.2, 0.25) is 0 Å². The molecule has 0 atom stereocenters. The quantitative estimate of drug-likeness (QED) is 0.403. The maximum Gasteiger partial charge on any atom is 0.471 e. The summed E-state index contributed by atoms with van der Waals surface area (Å²) in [4.78, 5) is 37.1. The molecule has 1 aromatic carbocycles. The van der Waals surface area contributed by atoms with E-state index < -0.39 is 48.0 Å². The van der Waals surface area contributed by atoms with Crippen LogP contribution in [-0.2, 0) is 23.9 Å². The van der Waals surface area contributed by atoms with Crippen molar-refractivity contribution in [2.24, 2.45) is 0 Å². The van der Waals surface area contributed by atoms with Gasteiger partial charge < -0.3 is 24.8 Å². The largest absolute Gasteiger partial charge is 0.471 e. The summed E-state index contributed by atoms with van der Waals surface area (Å²) < 4.78 is 79.3. The molecule has 2 rings (SSSR count). The molecule has 0 fully saturated rings. The summed E-state index contributed by atoms with van der Waals surface area (Å²) in [6.45, 7) is 2.49. The van der Waals surface area contributed by atoms with Crippen LogP contribution in [-0.4, -0.2) is 43.8 Å². The number of amides is 1. The summed E-state index contributed by atoms with van der Waals surface area (Å²) >= 11 is 0. The molecular weight excluding hydrogens is 483 g/mol. The van der Waals surface area contributed by atoms with E-state index in [9.17, 15) is 36.3 Å². The highest BCUT2D eigenvalue weighted by Gasteiger charge is 2.41. The number of carbonyl (C=O) groups is 3. The van der Waals surface area contributed by atoms with E-state index in [-0.39, 0.29) is 41.3 Å². The molecular formula is C22H23F5N2O6. The zero-order chi connectivity index (χ0) is 26.5. The first-order valence-corrected chi connectivity index (χ1v) is 10.3. The fraction of sp³-hybridized carbons (Fsp3) is 0.409. The molecule has 1 amide bonds. The Morgan fingerprint density at radius 3 is 1.94 bits per heavy atom. The van der Waals surface area contributed by atoms with Crippen LogP contribution in [0.25, 0.3) is 0 Å². The SMILES string of the molecule is CCOC(=O)C1=C(C)NC(C)=C(C(=O)OCC)C1c1cc(NC(=O)C(F)(F)F)ccc1OC(F)F. The molecule has 0 aromatic heterocycles. The summed E-state index contributed by atoms with van der Waals surface area (Å²) in [5, 5.41) is 4.45. The minimum atomic E-state index is -5.23. The van der Waals surface area contributed by atoms with E-state index >= 15 is 0 Å². The Balaban J connectivity index is 2.80. The number of anilines is 1. The van der Waals surface area contributed by atoms with Crippen LogP contribution in [0, 0.1) is 0 Å². The van der Waals surface area contributed by atoms with Crippen molar-refractivity contribution < 1.29 is 50.5 Å². The Labute approximate surface area is 197 Å². The number of esters is 2. The monoisotopic (exact) mass is 506 g/mol. The highest BCUT2D eigenvalue weighted by molar-refractivity contribution is 6.00. The molecule has 8 nitrogen and oxygen atoms in total. The van der Waals surface area contributed by atoms with Gasteiger partial charge in [0.1, 0.15) is 5.75 Å². The van der Waals surface area contributed by atoms with Crippen LogP contribution in [0.3, 0.4) is 0 Å². The summed E-state index contributed by atoms with van der Waals surface area (Å²) in [6, 6.07) is 2.72. The third-order valence-electron chi connectivity index (χ3n) is 4.80. The van der Waals surface area contributed by atoms with Crippen molar-refractivity contribution in [2.45, 2.75) is 46.4 Å². The van der Waals surface area contributed by atoms with E-state index in [0.29, 0.717) is 0 Å². The van der Waals surface area contributed by atoms with Crippen LogP contribution in [0.4, 0.5) is 27.6 Å². The number of ether oxygens (including phenoxy) is 3. The summed E-state index contributed by atoms with van der Waals surface area (Å²) in [6.07, 6.45) is -5.23. The lowest BCUT2D eigenvalue weighted by Crippen LogP contribution is -2.33. The molecule has 35 heavy (non-hydrogen) atoms. The second-order valence-electron chi connectivity index (χ2n) is 7.16. The van der Waals surface area contributed by atoms with E-state index in [1.54, 1.807) is 5.32 Å². The summed E-state index contributed by atoms with van der Waals surface area (Å²) in [7, 11) is 0. The van der Waals surface area contributed by atoms with Crippen LogP contribution >= 0.6 is 0 Å². The number of nitrogens with one attached hydrogen (secondary N) is 2. The maximum atomic E-state index is 13.2. The normalized spacial score (nSPS) is 14.6. The van der Waals surface area contributed by atoms with Gasteiger partial charge in [-0.2, -0.15) is 22.0 Å². The summed E-state index contributed by atoms with van der Waals surface area (Å²) in [5.41, 5.74) is -0.697. The predicted molar refractivity (Wildman–Crippen MR) is 112 cm³/mol. The highest BCUT2D eigenvalue weighted by atomic mass is 19.4. The number of alkyl halides is 5. The fourth-order valence-electron chi connectivity index (χ4n) is 3.52. The summed E-state index contributed by atoms with van der Waals surface area (Å²) in [5.74, 6) is -6.12. The molecule has 1 aliphatic rings. The molecule has 1 heterocycles. The number of dihydropyridines is 1. The fourth-order valence-corrected chi connectivity index (χ4v) is 3.52. The number of carbonyl (C=O) groups excluding carboxylic acids is 3. The molecule has 2 N–H and O–H groups in total. The molecule has 1 aliphatic heterocycles. The smallest absolute Gasteiger partial charge is 0.463 e. The number of benzene rings is 1. The number of hydrogen-bond acceptors (Lipinski definition) is 7. The van der Waals surface area contributed by atoms with E-state index in [4.69, 9.17) is 9.47 Å². The number of rotatable bonds is 8. The van der Waals surface area contributed by atoms with Crippen molar-refractivity contribution >= 4 is 23.5 Å². The van der Waals surface area contributed by atoms with Crippen molar-refractivity contribution in [1.29, 1.82) is 0 Å². The van der Waals surface area contributed by atoms with Gasteiger partial charge in [0, 0.05) is 22.6 Å². The molecule has 192 valence electrons. The Morgan fingerprint density at radius 2 is 1.51 bits per heavy atom. The van der Waals surface area contributed by atoms with Crippen molar-refractivity contribution in [3.8, 4) is 5.75 Å². The van der Waals surface area contributed by atoms with Gasteiger partial charge in [-0.3, -0.25) is 4.79 Å². The van der Waals surface area contributed by atoms with Crippen molar-refractivity contribution in [2.75, 3.05) is 18.5 Å². The number of hydrogen-bond donors (Lipinski definition) is 2. The standard InChI is InChI=1S/C22H23F5N2O6/c1-5-33-18(30)15-10(3)28-11(4)16(19(31)34-6-2)17(15)13-9-12(29-20(32)22(25,26)27)7-8-14(13)35-21(23)24/h7-9,17,21,28H,5-6H2,1-4H3,(H,29,32). The lowest BCUT2D eigenvalue weighted by atomic mass is 9.79. The second kappa shape index (κ2) is 11.2. The highest BCUT2D eigenvalue weighted by Crippen LogP contribution is 2.44. The van der Waals surface area contributed by atoms with Gasteiger partial charge in [-0.25, -0.2) is 9.59 Å². The predicted octanol–water partition coefficient (Wildman–Crippen LogP) is 4.15. The Hall–Kier alpha value is -3.64. The minimum Gasteiger partial charge on any atom is -0.463 e. The van der Waals surface area contributed by atoms with Gasteiger partial charge in [-0.15, -0.1) is 0 Å². The van der Waals surface area contributed by atoms with Crippen LogP contribution < -0.4 is 15.4 Å². The molecule has 0 bridgehead atoms. The minimum absolute atomic E-state index is 0.0676. The van der Waals surface area contributed by atoms with E-state index in [0.717, 1.165) is 18.2 Å². The van der Waals surface area contributed by atoms with Crippen LogP contribution in [0.15, 0.2) is 40.7 Å². The maximum absolute atomic E-state index is 13.2. The molecule has 0 unspecified atom stereocenters. The van der Waals surface area contributed by atoms with Crippen LogP contribution in [0.5, 0.6) is 5.75 Å².